The highest BCUT2D eigenvalue weighted by molar-refractivity contribution is 5.96. The van der Waals surface area contributed by atoms with E-state index in [1.165, 1.54) is 4.90 Å². The van der Waals surface area contributed by atoms with Gasteiger partial charge in [-0.1, -0.05) is 13.8 Å². The van der Waals surface area contributed by atoms with E-state index in [4.69, 9.17) is 11.3 Å². The molecule has 4 nitrogen and oxygen atoms in total. The van der Waals surface area contributed by atoms with E-state index in [0.717, 1.165) is 37.2 Å². The van der Waals surface area contributed by atoms with Gasteiger partial charge in [-0.15, -0.1) is 0 Å². The monoisotopic (exact) mass is 274 g/mol. The van der Waals surface area contributed by atoms with E-state index in [2.05, 4.69) is 18.7 Å². The lowest BCUT2D eigenvalue weighted by atomic mass is 10.1. The Hall–Kier alpha value is -2.02. The second kappa shape index (κ2) is 7.54. The first-order chi connectivity index (χ1) is 9.53. The smallest absolute Gasteiger partial charge is 0.257 e. The van der Waals surface area contributed by atoms with Crippen molar-refractivity contribution in [3.63, 3.8) is 0 Å². The standard InChI is InChI=1S/C16H22N2O2/c1-6-8-13-10-12(11-14(20-13)9-7-2)15(17-3)16(19)18(4)5/h10-11H,6-9H2,1-2,4-5H3. The first-order valence-electron chi connectivity index (χ1n) is 6.95. The summed E-state index contributed by atoms with van der Waals surface area (Å²) in [4.78, 5) is 16.9. The van der Waals surface area contributed by atoms with E-state index < -0.39 is 0 Å². The van der Waals surface area contributed by atoms with Crippen molar-refractivity contribution in [3.05, 3.63) is 46.4 Å². The largest absolute Gasteiger partial charge is 0.466 e. The van der Waals surface area contributed by atoms with Crippen molar-refractivity contribution in [1.82, 2.24) is 4.90 Å². The van der Waals surface area contributed by atoms with Crippen LogP contribution in [0.25, 0.3) is 4.85 Å². The van der Waals surface area contributed by atoms with Crippen LogP contribution in [0.1, 0.15) is 39.5 Å². The van der Waals surface area contributed by atoms with Crippen molar-refractivity contribution >= 4 is 5.91 Å². The lowest BCUT2D eigenvalue weighted by Gasteiger charge is -2.19. The normalized spacial score (nSPS) is 13.8. The van der Waals surface area contributed by atoms with Gasteiger partial charge >= 0.3 is 0 Å². The molecule has 0 atom stereocenters. The molecule has 108 valence electrons. The minimum atomic E-state index is -0.268. The Morgan fingerprint density at radius 2 is 1.70 bits per heavy atom. The van der Waals surface area contributed by atoms with Crippen LogP contribution in [0.4, 0.5) is 0 Å². The molecule has 0 aromatic rings. The first kappa shape index (κ1) is 16.0. The Labute approximate surface area is 121 Å². The number of ether oxygens (including phenoxy) is 1. The second-order valence-electron chi connectivity index (χ2n) is 4.94. The number of allylic oxidation sites excluding steroid dienone is 5. The highest BCUT2D eigenvalue weighted by atomic mass is 16.5. The molecule has 0 saturated heterocycles. The molecule has 1 rings (SSSR count). The highest BCUT2D eigenvalue weighted by Gasteiger charge is 2.19. The zero-order valence-electron chi connectivity index (χ0n) is 12.7. The summed E-state index contributed by atoms with van der Waals surface area (Å²) in [5, 5.41) is 0. The average Bonchev–Trinajstić information content (AvgIpc) is 2.40. The second-order valence-corrected chi connectivity index (χ2v) is 4.94. The summed E-state index contributed by atoms with van der Waals surface area (Å²) in [7, 11) is 3.31. The molecule has 1 heterocycles. The molecule has 0 N–H and O–H groups in total. The number of likely N-dealkylation sites (N-methyl/N-ethyl adjacent to an activating group) is 1. The van der Waals surface area contributed by atoms with Crippen molar-refractivity contribution in [2.45, 2.75) is 39.5 Å². The minimum Gasteiger partial charge on any atom is -0.466 e. The summed E-state index contributed by atoms with van der Waals surface area (Å²) in [6, 6.07) is 0. The van der Waals surface area contributed by atoms with Gasteiger partial charge in [0.05, 0.1) is 6.57 Å². The molecule has 20 heavy (non-hydrogen) atoms. The van der Waals surface area contributed by atoms with Gasteiger partial charge in [0.15, 0.2) is 0 Å². The van der Waals surface area contributed by atoms with Gasteiger partial charge in [0.2, 0.25) is 0 Å². The van der Waals surface area contributed by atoms with Crippen LogP contribution in [-0.4, -0.2) is 24.9 Å². The topological polar surface area (TPSA) is 33.9 Å². The third kappa shape index (κ3) is 3.99. The van der Waals surface area contributed by atoms with Crippen LogP contribution in [0.2, 0.25) is 0 Å². The molecule has 0 radical (unpaired) electrons. The lowest BCUT2D eigenvalue weighted by molar-refractivity contribution is -0.124. The first-order valence-corrected chi connectivity index (χ1v) is 6.95. The lowest BCUT2D eigenvalue weighted by Crippen LogP contribution is -2.23. The van der Waals surface area contributed by atoms with Gasteiger partial charge in [0.25, 0.3) is 11.6 Å². The molecule has 1 aliphatic heterocycles. The molecule has 0 unspecified atom stereocenters. The van der Waals surface area contributed by atoms with E-state index in [0.29, 0.717) is 5.57 Å². The van der Waals surface area contributed by atoms with Crippen LogP contribution in [0.3, 0.4) is 0 Å². The Bertz CT molecular complexity index is 481. The van der Waals surface area contributed by atoms with Crippen LogP contribution >= 0.6 is 0 Å². The van der Waals surface area contributed by atoms with E-state index >= 15 is 0 Å². The summed E-state index contributed by atoms with van der Waals surface area (Å²) < 4.78 is 5.79. The molecule has 0 bridgehead atoms. The van der Waals surface area contributed by atoms with Crippen LogP contribution in [-0.2, 0) is 9.53 Å². The Kier molecular flexibility index (Phi) is 6.05. The van der Waals surface area contributed by atoms with Gasteiger partial charge in [-0.05, 0) is 30.6 Å². The van der Waals surface area contributed by atoms with E-state index in [9.17, 15) is 4.79 Å². The Morgan fingerprint density at radius 3 is 2.05 bits per heavy atom. The number of carbonyl (C=O) groups excluding carboxylic acids is 1. The van der Waals surface area contributed by atoms with E-state index in [1.807, 2.05) is 12.2 Å². The zero-order chi connectivity index (χ0) is 15.1. The van der Waals surface area contributed by atoms with Crippen LogP contribution < -0.4 is 0 Å². The maximum absolute atomic E-state index is 12.1. The van der Waals surface area contributed by atoms with Crippen molar-refractivity contribution in [1.29, 1.82) is 0 Å². The molecule has 0 spiro atoms. The molecule has 0 saturated carbocycles. The number of nitrogens with zero attached hydrogens (tertiary/aromatic N) is 2. The fourth-order valence-corrected chi connectivity index (χ4v) is 1.94. The number of hydrogen-bond donors (Lipinski definition) is 0. The average molecular weight is 274 g/mol. The summed E-state index contributed by atoms with van der Waals surface area (Å²) in [6.45, 7) is 11.4. The van der Waals surface area contributed by atoms with Crippen molar-refractivity contribution in [2.24, 2.45) is 0 Å². The summed E-state index contributed by atoms with van der Waals surface area (Å²) in [6.07, 6.45) is 7.19. The molecule has 0 aliphatic carbocycles. The third-order valence-corrected chi connectivity index (χ3v) is 2.88. The van der Waals surface area contributed by atoms with Gasteiger partial charge < -0.3 is 9.64 Å². The number of amides is 1. The van der Waals surface area contributed by atoms with E-state index in [1.54, 1.807) is 14.1 Å². The molecule has 1 aliphatic rings. The predicted octanol–water partition coefficient (Wildman–Crippen LogP) is 3.65. The fourth-order valence-electron chi connectivity index (χ4n) is 1.94. The van der Waals surface area contributed by atoms with Gasteiger partial charge in [-0.3, -0.25) is 4.79 Å². The maximum atomic E-state index is 12.1. The molecule has 1 amide bonds. The SMILES string of the molecule is [C-]#[N+]C(C(=O)N(C)C)=C1C=C(CCC)OC(CCC)=C1. The number of hydrogen-bond acceptors (Lipinski definition) is 2. The Morgan fingerprint density at radius 1 is 1.20 bits per heavy atom. The van der Waals surface area contributed by atoms with Gasteiger partial charge in [-0.2, -0.15) is 0 Å². The summed E-state index contributed by atoms with van der Waals surface area (Å²) in [5.74, 6) is 1.40. The molecular weight excluding hydrogens is 252 g/mol. The highest BCUT2D eigenvalue weighted by Crippen LogP contribution is 2.27. The Balaban J connectivity index is 3.24. The molecule has 4 heteroatoms. The number of carbonyl (C=O) groups is 1. The van der Waals surface area contributed by atoms with Gasteiger partial charge in [-0.25, -0.2) is 4.85 Å². The fraction of sp³-hybridized carbons (Fsp3) is 0.500. The van der Waals surface area contributed by atoms with Crippen LogP contribution in [0, 0.1) is 6.57 Å². The molecule has 0 aromatic heterocycles. The summed E-state index contributed by atoms with van der Waals surface area (Å²) in [5.41, 5.74) is 0.817. The van der Waals surface area contributed by atoms with Crippen LogP contribution in [0.15, 0.2) is 34.9 Å². The summed E-state index contributed by atoms with van der Waals surface area (Å²) >= 11 is 0. The van der Waals surface area contributed by atoms with E-state index in [-0.39, 0.29) is 11.6 Å². The third-order valence-electron chi connectivity index (χ3n) is 2.88. The van der Waals surface area contributed by atoms with Crippen molar-refractivity contribution in [3.8, 4) is 0 Å². The molecule has 0 aromatic carbocycles. The quantitative estimate of drug-likeness (QED) is 0.566. The van der Waals surface area contributed by atoms with Crippen LogP contribution in [0.5, 0.6) is 0 Å². The zero-order valence-corrected chi connectivity index (χ0v) is 12.7. The van der Waals surface area contributed by atoms with Crippen molar-refractivity contribution < 1.29 is 9.53 Å². The molecule has 0 fully saturated rings. The van der Waals surface area contributed by atoms with Gasteiger partial charge in [0, 0.05) is 26.9 Å². The predicted molar refractivity (Wildman–Crippen MR) is 79.4 cm³/mol. The minimum absolute atomic E-state index is 0.153. The number of rotatable bonds is 5. The molecular formula is C16H22N2O2. The van der Waals surface area contributed by atoms with Gasteiger partial charge in [0.1, 0.15) is 11.5 Å². The maximum Gasteiger partial charge on any atom is 0.257 e. The van der Waals surface area contributed by atoms with Crippen molar-refractivity contribution in [2.75, 3.05) is 14.1 Å².